The van der Waals surface area contributed by atoms with E-state index in [1.54, 1.807) is 19.1 Å². The van der Waals surface area contributed by atoms with E-state index < -0.39 is 11.9 Å². The molecule has 0 atom stereocenters. The lowest BCUT2D eigenvalue weighted by Crippen LogP contribution is -2.14. The lowest BCUT2D eigenvalue weighted by Gasteiger charge is -2.24. The fourth-order valence-corrected chi connectivity index (χ4v) is 4.93. The molecule has 1 fully saturated rings. The average molecular weight is 447 g/mol. The number of nitrogens with two attached hydrogens (primary N) is 1. The predicted molar refractivity (Wildman–Crippen MR) is 131 cm³/mol. The number of hydrogen-bond acceptors (Lipinski definition) is 5. The van der Waals surface area contributed by atoms with E-state index >= 15 is 0 Å². The summed E-state index contributed by atoms with van der Waals surface area (Å²) in [7, 11) is 1.35. The standard InChI is InChI=1S/C27H30N2O4/c1-4-33-26(30)17(2)29-23-16-19(27(31)32-3)14-15-21(23)24(18-10-6-5-7-11-18)25(29)20-12-8-9-13-22(20)28/h8-9,12-16,18H,2,4-7,10-11,28H2,1,3H3. The second-order valence-electron chi connectivity index (χ2n) is 8.41. The number of carbonyl (C=O) groups excluding carboxylic acids is 2. The molecule has 0 amide bonds. The van der Waals surface area contributed by atoms with Gasteiger partial charge in [-0.15, -0.1) is 0 Å². The van der Waals surface area contributed by atoms with Gasteiger partial charge in [0.15, 0.2) is 0 Å². The van der Waals surface area contributed by atoms with Crippen molar-refractivity contribution < 1.29 is 19.1 Å². The number of methoxy groups -OCH3 is 1. The Bertz CT molecular complexity index is 1220. The van der Waals surface area contributed by atoms with Crippen molar-refractivity contribution >= 4 is 34.2 Å². The highest BCUT2D eigenvalue weighted by atomic mass is 16.5. The molecule has 33 heavy (non-hydrogen) atoms. The molecule has 2 N–H and O–H groups in total. The molecule has 2 aromatic carbocycles. The van der Waals surface area contributed by atoms with Crippen molar-refractivity contribution in [3.63, 3.8) is 0 Å². The van der Waals surface area contributed by atoms with Crippen LogP contribution in [0.25, 0.3) is 27.9 Å². The molecule has 0 spiro atoms. The quantitative estimate of drug-likeness (QED) is 0.296. The van der Waals surface area contributed by atoms with E-state index in [0.717, 1.165) is 53.4 Å². The van der Waals surface area contributed by atoms with E-state index in [1.165, 1.54) is 13.5 Å². The second-order valence-corrected chi connectivity index (χ2v) is 8.41. The van der Waals surface area contributed by atoms with E-state index in [0.29, 0.717) is 17.2 Å². The van der Waals surface area contributed by atoms with Crippen LogP contribution in [0.15, 0.2) is 49.0 Å². The summed E-state index contributed by atoms with van der Waals surface area (Å²) < 4.78 is 12.1. The number of rotatable bonds is 6. The monoisotopic (exact) mass is 446 g/mol. The number of carbonyl (C=O) groups is 2. The van der Waals surface area contributed by atoms with E-state index in [4.69, 9.17) is 15.2 Å². The molecular formula is C27H30N2O4. The number of esters is 2. The van der Waals surface area contributed by atoms with Gasteiger partial charge in [-0.2, -0.15) is 0 Å². The Morgan fingerprint density at radius 3 is 2.52 bits per heavy atom. The molecule has 4 rings (SSSR count). The maximum absolute atomic E-state index is 12.9. The van der Waals surface area contributed by atoms with Crippen LogP contribution in [-0.4, -0.2) is 30.2 Å². The number of nitrogens with zero attached hydrogens (tertiary/aromatic N) is 1. The molecule has 6 nitrogen and oxygen atoms in total. The molecule has 3 aromatic rings. The molecule has 1 aliphatic carbocycles. The van der Waals surface area contributed by atoms with Crippen LogP contribution in [0.2, 0.25) is 0 Å². The highest BCUT2D eigenvalue weighted by Gasteiger charge is 2.30. The van der Waals surface area contributed by atoms with Gasteiger partial charge in [0.25, 0.3) is 0 Å². The second kappa shape index (κ2) is 9.53. The molecule has 0 unspecified atom stereocenters. The highest BCUT2D eigenvalue weighted by molar-refractivity contribution is 6.14. The first-order valence-corrected chi connectivity index (χ1v) is 11.5. The third-order valence-corrected chi connectivity index (χ3v) is 6.44. The Morgan fingerprint density at radius 1 is 1.12 bits per heavy atom. The SMILES string of the molecule is C=C(C(=O)OCC)n1c(-c2ccccc2N)c(C2CCCCC2)c2ccc(C(=O)OC)cc21. The smallest absolute Gasteiger partial charge is 0.354 e. The Balaban J connectivity index is 2.10. The molecular weight excluding hydrogens is 416 g/mol. The largest absolute Gasteiger partial charge is 0.465 e. The Morgan fingerprint density at radius 2 is 1.85 bits per heavy atom. The highest BCUT2D eigenvalue weighted by Crippen LogP contribution is 2.46. The van der Waals surface area contributed by atoms with Crippen LogP contribution in [0, 0.1) is 0 Å². The molecule has 0 saturated heterocycles. The Labute approximate surface area is 194 Å². The molecule has 0 radical (unpaired) electrons. The maximum Gasteiger partial charge on any atom is 0.354 e. The van der Waals surface area contributed by atoms with Crippen LogP contribution in [0.1, 0.15) is 60.9 Å². The first kappa shape index (κ1) is 22.6. The van der Waals surface area contributed by atoms with Gasteiger partial charge in [-0.1, -0.05) is 50.1 Å². The van der Waals surface area contributed by atoms with Crippen molar-refractivity contribution in [1.29, 1.82) is 0 Å². The zero-order valence-electron chi connectivity index (χ0n) is 19.2. The van der Waals surface area contributed by atoms with Gasteiger partial charge in [0.05, 0.1) is 30.5 Å². The molecule has 172 valence electrons. The fourth-order valence-electron chi connectivity index (χ4n) is 4.93. The van der Waals surface area contributed by atoms with Crippen molar-refractivity contribution in [3.8, 4) is 11.3 Å². The van der Waals surface area contributed by atoms with Gasteiger partial charge in [-0.25, -0.2) is 9.59 Å². The van der Waals surface area contributed by atoms with Gasteiger partial charge in [0.1, 0.15) is 5.70 Å². The topological polar surface area (TPSA) is 83.5 Å². The van der Waals surface area contributed by atoms with Gasteiger partial charge in [0, 0.05) is 16.6 Å². The normalized spacial score (nSPS) is 14.2. The molecule has 0 aliphatic heterocycles. The van der Waals surface area contributed by atoms with Crippen molar-refractivity contribution in [2.75, 3.05) is 19.5 Å². The van der Waals surface area contributed by atoms with Crippen LogP contribution in [0.3, 0.4) is 0 Å². The Kier molecular flexibility index (Phi) is 6.54. The van der Waals surface area contributed by atoms with Crippen LogP contribution >= 0.6 is 0 Å². The number of para-hydroxylation sites is 1. The minimum Gasteiger partial charge on any atom is -0.465 e. The molecule has 0 bridgehead atoms. The van der Waals surface area contributed by atoms with Gasteiger partial charge >= 0.3 is 11.9 Å². The summed E-state index contributed by atoms with van der Waals surface area (Å²) in [6.45, 7) is 6.09. The van der Waals surface area contributed by atoms with Crippen molar-refractivity contribution in [3.05, 3.63) is 60.2 Å². The average Bonchev–Trinajstić information content (AvgIpc) is 3.18. The third kappa shape index (κ3) is 4.13. The molecule has 1 heterocycles. The zero-order chi connectivity index (χ0) is 23.5. The zero-order valence-corrected chi connectivity index (χ0v) is 19.2. The van der Waals surface area contributed by atoms with E-state index in [1.807, 2.05) is 34.9 Å². The van der Waals surface area contributed by atoms with Gasteiger partial charge in [0.2, 0.25) is 0 Å². The first-order valence-electron chi connectivity index (χ1n) is 11.5. The summed E-state index contributed by atoms with van der Waals surface area (Å²) in [5.41, 5.74) is 11.2. The summed E-state index contributed by atoms with van der Waals surface area (Å²) in [5, 5.41) is 0.984. The third-order valence-electron chi connectivity index (χ3n) is 6.44. The number of anilines is 1. The molecule has 6 heteroatoms. The van der Waals surface area contributed by atoms with Crippen molar-refractivity contribution in [1.82, 2.24) is 4.57 Å². The number of hydrogen-bond donors (Lipinski definition) is 1. The first-order chi connectivity index (χ1) is 16.0. The van der Waals surface area contributed by atoms with Crippen LogP contribution in [-0.2, 0) is 14.3 Å². The van der Waals surface area contributed by atoms with Crippen LogP contribution in [0.4, 0.5) is 5.69 Å². The summed E-state index contributed by atoms with van der Waals surface area (Å²) in [4.78, 5) is 25.2. The van der Waals surface area contributed by atoms with E-state index in [-0.39, 0.29) is 12.3 Å². The van der Waals surface area contributed by atoms with E-state index in [9.17, 15) is 9.59 Å². The predicted octanol–water partition coefficient (Wildman–Crippen LogP) is 5.76. The number of fused-ring (bicyclic) bond motifs is 1. The van der Waals surface area contributed by atoms with Crippen LogP contribution in [0.5, 0.6) is 0 Å². The van der Waals surface area contributed by atoms with Crippen molar-refractivity contribution in [2.24, 2.45) is 0 Å². The maximum atomic E-state index is 12.9. The summed E-state index contributed by atoms with van der Waals surface area (Å²) in [6, 6.07) is 13.1. The number of benzene rings is 2. The Hall–Kier alpha value is -3.54. The minimum absolute atomic E-state index is 0.184. The fraction of sp³-hybridized carbons (Fsp3) is 0.333. The number of ether oxygens (including phenoxy) is 2. The van der Waals surface area contributed by atoms with E-state index in [2.05, 4.69) is 6.58 Å². The molecule has 1 aliphatic rings. The number of nitrogen functional groups attached to an aromatic ring is 1. The van der Waals surface area contributed by atoms with Crippen molar-refractivity contribution in [2.45, 2.75) is 44.9 Å². The lowest BCUT2D eigenvalue weighted by atomic mass is 9.81. The number of aromatic nitrogens is 1. The van der Waals surface area contributed by atoms with Crippen LogP contribution < -0.4 is 5.73 Å². The van der Waals surface area contributed by atoms with Gasteiger partial charge in [-0.05, 0) is 49.4 Å². The minimum atomic E-state index is -0.510. The summed E-state index contributed by atoms with van der Waals surface area (Å²) >= 11 is 0. The molecule has 1 aromatic heterocycles. The van der Waals surface area contributed by atoms with Gasteiger partial charge < -0.3 is 19.8 Å². The molecule has 1 saturated carbocycles. The van der Waals surface area contributed by atoms with Gasteiger partial charge in [-0.3, -0.25) is 0 Å². The summed E-state index contributed by atoms with van der Waals surface area (Å²) in [5.74, 6) is -0.633. The summed E-state index contributed by atoms with van der Waals surface area (Å²) in [6.07, 6.45) is 5.65. The lowest BCUT2D eigenvalue weighted by molar-refractivity contribution is -0.136.